The zero-order valence-corrected chi connectivity index (χ0v) is 11.7. The molecule has 6 heteroatoms. The van der Waals surface area contributed by atoms with Crippen LogP contribution in [-0.2, 0) is 10.0 Å². The predicted molar refractivity (Wildman–Crippen MR) is 70.0 cm³/mol. The van der Waals surface area contributed by atoms with Crippen molar-refractivity contribution >= 4 is 21.4 Å². The van der Waals surface area contributed by atoms with Crippen LogP contribution < -0.4 is 10.0 Å². The molecule has 0 amide bonds. The molecule has 1 fully saturated rings. The van der Waals surface area contributed by atoms with E-state index in [1.807, 2.05) is 19.9 Å². The van der Waals surface area contributed by atoms with Crippen molar-refractivity contribution in [2.45, 2.75) is 36.9 Å². The highest BCUT2D eigenvalue weighted by atomic mass is 32.2. The van der Waals surface area contributed by atoms with Gasteiger partial charge in [-0.25, -0.2) is 13.1 Å². The molecule has 1 aliphatic heterocycles. The van der Waals surface area contributed by atoms with E-state index in [9.17, 15) is 8.42 Å². The van der Waals surface area contributed by atoms with Crippen LogP contribution >= 0.6 is 11.3 Å². The van der Waals surface area contributed by atoms with Crippen LogP contribution in [0.3, 0.4) is 0 Å². The van der Waals surface area contributed by atoms with E-state index < -0.39 is 10.0 Å². The maximum atomic E-state index is 12.1. The molecule has 0 bridgehead atoms. The highest BCUT2D eigenvalue weighted by Gasteiger charge is 2.22. The Morgan fingerprint density at radius 2 is 2.29 bits per heavy atom. The summed E-state index contributed by atoms with van der Waals surface area (Å²) >= 11 is 1.33. The summed E-state index contributed by atoms with van der Waals surface area (Å²) in [6, 6.07) is 2.19. The Hall–Kier alpha value is -0.430. The first-order chi connectivity index (χ1) is 7.99. The minimum absolute atomic E-state index is 0.283. The Kier molecular flexibility index (Phi) is 3.87. The van der Waals surface area contributed by atoms with Crippen LogP contribution in [0.5, 0.6) is 0 Å². The van der Waals surface area contributed by atoms with E-state index in [4.69, 9.17) is 0 Å². The lowest BCUT2D eigenvalue weighted by Gasteiger charge is -2.11. The first kappa shape index (κ1) is 13.0. The van der Waals surface area contributed by atoms with Gasteiger partial charge >= 0.3 is 0 Å². The van der Waals surface area contributed by atoms with Gasteiger partial charge in [0.1, 0.15) is 4.21 Å². The molecule has 2 rings (SSSR count). The molecule has 1 atom stereocenters. The summed E-state index contributed by atoms with van der Waals surface area (Å²) in [5.74, 6) is 0. The maximum absolute atomic E-state index is 12.1. The number of thiophene rings is 1. The van der Waals surface area contributed by atoms with Crippen LogP contribution in [0.25, 0.3) is 0 Å². The number of sulfonamides is 1. The average Bonchev–Trinajstić information content (AvgIpc) is 2.85. The summed E-state index contributed by atoms with van der Waals surface area (Å²) in [5, 5.41) is 3.28. The van der Waals surface area contributed by atoms with Gasteiger partial charge in [-0.15, -0.1) is 11.3 Å². The first-order valence-corrected chi connectivity index (χ1v) is 8.09. The van der Waals surface area contributed by atoms with E-state index in [0.717, 1.165) is 29.8 Å². The molecular formula is C11H18N2O2S2. The Labute approximate surface area is 106 Å². The van der Waals surface area contributed by atoms with Gasteiger partial charge in [-0.1, -0.05) is 0 Å². The van der Waals surface area contributed by atoms with Crippen molar-refractivity contribution in [3.63, 3.8) is 0 Å². The summed E-state index contributed by atoms with van der Waals surface area (Å²) in [5.41, 5.74) is 0.833. The highest BCUT2D eigenvalue weighted by molar-refractivity contribution is 7.91. The Balaban J connectivity index is 2.05. The molecule has 1 unspecified atom stereocenters. The Bertz CT molecular complexity index is 488. The van der Waals surface area contributed by atoms with Crippen LogP contribution in [0.4, 0.5) is 0 Å². The molecule has 0 saturated carbocycles. The van der Waals surface area contributed by atoms with Gasteiger partial charge in [0, 0.05) is 17.5 Å². The molecule has 0 spiro atoms. The summed E-state index contributed by atoms with van der Waals surface area (Å²) < 4.78 is 27.3. The summed E-state index contributed by atoms with van der Waals surface area (Å²) in [6.45, 7) is 5.24. The molecule has 0 radical (unpaired) electrons. The molecule has 2 heterocycles. The third-order valence-electron chi connectivity index (χ3n) is 2.92. The molecule has 17 heavy (non-hydrogen) atoms. The average molecular weight is 274 g/mol. The molecule has 2 N–H and O–H groups in total. The Morgan fingerprint density at radius 1 is 1.53 bits per heavy atom. The zero-order valence-electron chi connectivity index (χ0n) is 10.1. The van der Waals surface area contributed by atoms with Crippen molar-refractivity contribution in [2.24, 2.45) is 0 Å². The fourth-order valence-corrected chi connectivity index (χ4v) is 4.89. The topological polar surface area (TPSA) is 58.2 Å². The monoisotopic (exact) mass is 274 g/mol. The molecule has 1 aliphatic rings. The van der Waals surface area contributed by atoms with E-state index in [-0.39, 0.29) is 6.04 Å². The van der Waals surface area contributed by atoms with Gasteiger partial charge in [-0.05, 0) is 44.9 Å². The minimum atomic E-state index is -3.33. The molecule has 0 aromatic carbocycles. The molecule has 0 aliphatic carbocycles. The quantitative estimate of drug-likeness (QED) is 0.872. The van der Waals surface area contributed by atoms with Crippen molar-refractivity contribution in [3.05, 3.63) is 16.5 Å². The predicted octanol–water partition coefficient (Wildman–Crippen LogP) is 1.40. The van der Waals surface area contributed by atoms with Crippen LogP contribution in [0.1, 0.15) is 23.3 Å². The van der Waals surface area contributed by atoms with Gasteiger partial charge in [-0.2, -0.15) is 0 Å². The van der Waals surface area contributed by atoms with E-state index in [0.29, 0.717) is 10.8 Å². The van der Waals surface area contributed by atoms with Gasteiger partial charge < -0.3 is 5.32 Å². The van der Waals surface area contributed by atoms with Crippen molar-refractivity contribution in [1.82, 2.24) is 10.0 Å². The van der Waals surface area contributed by atoms with Crippen molar-refractivity contribution in [2.75, 3.05) is 13.1 Å². The van der Waals surface area contributed by atoms with Crippen LogP contribution in [0, 0.1) is 13.8 Å². The number of aryl methyl sites for hydroxylation is 2. The van der Waals surface area contributed by atoms with Crippen LogP contribution in [-0.4, -0.2) is 27.5 Å². The maximum Gasteiger partial charge on any atom is 0.250 e. The third-order valence-corrected chi connectivity index (χ3v) is 6.13. The second-order valence-corrected chi connectivity index (χ2v) is 7.69. The van der Waals surface area contributed by atoms with Crippen LogP contribution in [0.2, 0.25) is 0 Å². The van der Waals surface area contributed by atoms with Gasteiger partial charge in [-0.3, -0.25) is 0 Å². The van der Waals surface area contributed by atoms with E-state index in [2.05, 4.69) is 10.0 Å². The lowest BCUT2D eigenvalue weighted by molar-refractivity contribution is 0.553. The second-order valence-electron chi connectivity index (χ2n) is 4.47. The SMILES string of the molecule is Cc1cc(C)c(S(=O)(=O)NCC2CCCN2)s1. The normalized spacial score (nSPS) is 20.9. The standard InChI is InChI=1S/C11H18N2O2S2/c1-8-6-9(2)16-11(8)17(14,15)13-7-10-4-3-5-12-10/h6,10,12-13H,3-5,7H2,1-2H3. The summed E-state index contributed by atoms with van der Waals surface area (Å²) in [4.78, 5) is 1.03. The highest BCUT2D eigenvalue weighted by Crippen LogP contribution is 2.25. The third kappa shape index (κ3) is 3.07. The van der Waals surface area contributed by atoms with E-state index in [1.165, 1.54) is 11.3 Å². The summed E-state index contributed by atoms with van der Waals surface area (Å²) in [7, 11) is -3.33. The lowest BCUT2D eigenvalue weighted by Crippen LogP contribution is -2.37. The molecule has 1 aromatic rings. The number of hydrogen-bond donors (Lipinski definition) is 2. The van der Waals surface area contributed by atoms with Crippen molar-refractivity contribution in [1.29, 1.82) is 0 Å². The smallest absolute Gasteiger partial charge is 0.250 e. The fourth-order valence-electron chi connectivity index (χ4n) is 2.09. The first-order valence-electron chi connectivity index (χ1n) is 5.79. The molecule has 4 nitrogen and oxygen atoms in total. The fraction of sp³-hybridized carbons (Fsp3) is 0.636. The van der Waals surface area contributed by atoms with Gasteiger partial charge in [0.2, 0.25) is 10.0 Å². The Morgan fingerprint density at radius 3 is 2.82 bits per heavy atom. The van der Waals surface area contributed by atoms with Gasteiger partial charge in [0.05, 0.1) is 0 Å². The number of rotatable bonds is 4. The van der Waals surface area contributed by atoms with Gasteiger partial charge in [0.25, 0.3) is 0 Å². The lowest BCUT2D eigenvalue weighted by atomic mass is 10.2. The number of hydrogen-bond acceptors (Lipinski definition) is 4. The molecule has 1 aromatic heterocycles. The largest absolute Gasteiger partial charge is 0.313 e. The molecule has 1 saturated heterocycles. The van der Waals surface area contributed by atoms with E-state index in [1.54, 1.807) is 0 Å². The molecule has 96 valence electrons. The van der Waals surface area contributed by atoms with E-state index >= 15 is 0 Å². The van der Waals surface area contributed by atoms with Crippen molar-refractivity contribution < 1.29 is 8.42 Å². The second kappa shape index (κ2) is 5.06. The molecular weight excluding hydrogens is 256 g/mol. The van der Waals surface area contributed by atoms with Crippen LogP contribution in [0.15, 0.2) is 10.3 Å². The number of nitrogens with one attached hydrogen (secondary N) is 2. The summed E-state index contributed by atoms with van der Waals surface area (Å²) in [6.07, 6.45) is 2.18. The van der Waals surface area contributed by atoms with Crippen molar-refractivity contribution in [3.8, 4) is 0 Å². The van der Waals surface area contributed by atoms with Gasteiger partial charge in [0.15, 0.2) is 0 Å². The zero-order chi connectivity index (χ0) is 12.5. The minimum Gasteiger partial charge on any atom is -0.313 e.